The van der Waals surface area contributed by atoms with Crippen LogP contribution in [0, 0.1) is 0 Å². The minimum atomic E-state index is -4.47. The predicted octanol–water partition coefficient (Wildman–Crippen LogP) is 2.20. The number of fused-ring (bicyclic) bond motifs is 1. The molecule has 0 spiro atoms. The second-order valence-corrected chi connectivity index (χ2v) is 4.81. The molecule has 0 fully saturated rings. The van der Waals surface area contributed by atoms with Crippen molar-refractivity contribution in [3.05, 3.63) is 58.4 Å². The fourth-order valence-electron chi connectivity index (χ4n) is 2.40. The Kier molecular flexibility index (Phi) is 3.23. The van der Waals surface area contributed by atoms with Gasteiger partial charge in [0.1, 0.15) is 11.8 Å². The van der Waals surface area contributed by atoms with E-state index in [2.05, 4.69) is 9.97 Å². The van der Waals surface area contributed by atoms with Gasteiger partial charge in [0.25, 0.3) is 0 Å². The van der Waals surface area contributed by atoms with Gasteiger partial charge in [0.05, 0.1) is 18.3 Å². The number of aryl methyl sites for hydroxylation is 1. The molecule has 2 heterocycles. The number of rotatable bonds is 2. The van der Waals surface area contributed by atoms with Crippen molar-refractivity contribution in [1.29, 1.82) is 0 Å². The van der Waals surface area contributed by atoms with E-state index in [-0.39, 0.29) is 12.1 Å². The maximum Gasteiger partial charge on any atom is 0.416 e. The SMILES string of the molecule is Cn1c(=O)n(Cc2ccccc2C(F)(F)F)c2cncnc21. The zero-order valence-electron chi connectivity index (χ0n) is 11.5. The van der Waals surface area contributed by atoms with Gasteiger partial charge in [-0.15, -0.1) is 0 Å². The fraction of sp³-hybridized carbons (Fsp3) is 0.214. The molecule has 0 atom stereocenters. The Bertz CT molecular complexity index is 895. The summed E-state index contributed by atoms with van der Waals surface area (Å²) in [4.78, 5) is 20.0. The molecule has 0 saturated carbocycles. The van der Waals surface area contributed by atoms with Crippen LogP contribution in [0.15, 0.2) is 41.6 Å². The molecule has 0 radical (unpaired) electrons. The number of hydrogen-bond donors (Lipinski definition) is 0. The monoisotopic (exact) mass is 308 g/mol. The zero-order valence-corrected chi connectivity index (χ0v) is 11.5. The van der Waals surface area contributed by atoms with E-state index in [0.29, 0.717) is 11.2 Å². The second-order valence-electron chi connectivity index (χ2n) is 4.81. The molecule has 8 heteroatoms. The highest BCUT2D eigenvalue weighted by Crippen LogP contribution is 2.32. The largest absolute Gasteiger partial charge is 0.416 e. The summed E-state index contributed by atoms with van der Waals surface area (Å²) in [5, 5.41) is 0. The Labute approximate surface area is 122 Å². The lowest BCUT2D eigenvalue weighted by atomic mass is 10.1. The number of alkyl halides is 3. The molecule has 0 amide bonds. The Morgan fingerprint density at radius 2 is 1.95 bits per heavy atom. The topological polar surface area (TPSA) is 52.7 Å². The molecule has 0 unspecified atom stereocenters. The first-order chi connectivity index (χ1) is 10.4. The maximum atomic E-state index is 13.1. The number of aromatic nitrogens is 4. The van der Waals surface area contributed by atoms with Gasteiger partial charge in [-0.2, -0.15) is 13.2 Å². The zero-order chi connectivity index (χ0) is 15.9. The van der Waals surface area contributed by atoms with Crippen LogP contribution in [-0.4, -0.2) is 19.1 Å². The summed E-state index contributed by atoms with van der Waals surface area (Å²) in [6.45, 7) is -0.195. The summed E-state index contributed by atoms with van der Waals surface area (Å²) in [6, 6.07) is 5.19. The van der Waals surface area contributed by atoms with Crippen molar-refractivity contribution in [3.8, 4) is 0 Å². The first kappa shape index (κ1) is 14.3. The molecule has 3 aromatic rings. The molecular formula is C14H11F3N4O. The summed E-state index contributed by atoms with van der Waals surface area (Å²) in [6.07, 6.45) is -1.77. The number of halogens is 3. The van der Waals surface area contributed by atoms with Gasteiger partial charge in [0, 0.05) is 7.05 Å². The van der Waals surface area contributed by atoms with Gasteiger partial charge in [-0.3, -0.25) is 9.13 Å². The van der Waals surface area contributed by atoms with Gasteiger partial charge in [0.15, 0.2) is 5.65 Å². The second kappa shape index (κ2) is 4.97. The maximum absolute atomic E-state index is 13.1. The molecule has 1 aromatic carbocycles. The van der Waals surface area contributed by atoms with E-state index in [4.69, 9.17) is 0 Å². The Morgan fingerprint density at radius 1 is 1.23 bits per heavy atom. The van der Waals surface area contributed by atoms with Gasteiger partial charge < -0.3 is 0 Å². The molecular weight excluding hydrogens is 297 g/mol. The van der Waals surface area contributed by atoms with Crippen LogP contribution in [0.2, 0.25) is 0 Å². The number of benzene rings is 1. The molecule has 114 valence electrons. The number of nitrogens with zero attached hydrogens (tertiary/aromatic N) is 4. The van der Waals surface area contributed by atoms with Crippen LogP contribution in [0.25, 0.3) is 11.2 Å². The normalized spacial score (nSPS) is 12.0. The summed E-state index contributed by atoms with van der Waals surface area (Å²) in [5.74, 6) is 0. The third-order valence-electron chi connectivity index (χ3n) is 3.45. The van der Waals surface area contributed by atoms with E-state index in [1.165, 1.54) is 46.9 Å². The average Bonchev–Trinajstić information content (AvgIpc) is 2.72. The number of hydrogen-bond acceptors (Lipinski definition) is 3. The molecule has 2 aromatic heterocycles. The molecule has 0 aliphatic carbocycles. The van der Waals surface area contributed by atoms with Crippen LogP contribution in [0.3, 0.4) is 0 Å². The van der Waals surface area contributed by atoms with E-state index >= 15 is 0 Å². The van der Waals surface area contributed by atoms with Crippen LogP contribution in [0.4, 0.5) is 13.2 Å². The van der Waals surface area contributed by atoms with Gasteiger partial charge in [-0.05, 0) is 11.6 Å². The Balaban J connectivity index is 2.17. The lowest BCUT2D eigenvalue weighted by molar-refractivity contribution is -0.138. The summed E-state index contributed by atoms with van der Waals surface area (Å²) in [5.41, 5.74) is -0.395. The smallest absolute Gasteiger partial charge is 0.284 e. The molecule has 22 heavy (non-hydrogen) atoms. The van der Waals surface area contributed by atoms with E-state index in [1.807, 2.05) is 0 Å². The van der Waals surface area contributed by atoms with Crippen molar-refractivity contribution < 1.29 is 13.2 Å². The first-order valence-electron chi connectivity index (χ1n) is 6.40. The summed E-state index contributed by atoms with van der Waals surface area (Å²) < 4.78 is 41.7. The van der Waals surface area contributed by atoms with Gasteiger partial charge in [-0.1, -0.05) is 18.2 Å². The third-order valence-corrected chi connectivity index (χ3v) is 3.45. The van der Waals surface area contributed by atoms with E-state index in [1.54, 1.807) is 0 Å². The van der Waals surface area contributed by atoms with Crippen LogP contribution >= 0.6 is 0 Å². The third kappa shape index (κ3) is 2.26. The van der Waals surface area contributed by atoms with Crippen LogP contribution in [0.5, 0.6) is 0 Å². The van der Waals surface area contributed by atoms with E-state index < -0.39 is 17.4 Å². The molecule has 0 N–H and O–H groups in total. The molecule has 0 saturated heterocycles. The van der Waals surface area contributed by atoms with Crippen molar-refractivity contribution in [1.82, 2.24) is 19.1 Å². The van der Waals surface area contributed by atoms with Gasteiger partial charge in [-0.25, -0.2) is 14.8 Å². The van der Waals surface area contributed by atoms with Crippen LogP contribution in [-0.2, 0) is 19.8 Å². The van der Waals surface area contributed by atoms with Crippen LogP contribution in [0.1, 0.15) is 11.1 Å². The number of imidazole rings is 1. The van der Waals surface area contributed by atoms with Gasteiger partial charge >= 0.3 is 11.9 Å². The molecule has 3 rings (SSSR count). The Hall–Kier alpha value is -2.64. The summed E-state index contributed by atoms with van der Waals surface area (Å²) >= 11 is 0. The predicted molar refractivity (Wildman–Crippen MR) is 73.3 cm³/mol. The van der Waals surface area contributed by atoms with Crippen molar-refractivity contribution in [3.63, 3.8) is 0 Å². The first-order valence-corrected chi connectivity index (χ1v) is 6.40. The lowest BCUT2D eigenvalue weighted by Crippen LogP contribution is -2.24. The van der Waals surface area contributed by atoms with Gasteiger partial charge in [0.2, 0.25) is 0 Å². The fourth-order valence-corrected chi connectivity index (χ4v) is 2.40. The van der Waals surface area contributed by atoms with Crippen molar-refractivity contribution in [2.24, 2.45) is 7.05 Å². The molecule has 0 aliphatic heterocycles. The van der Waals surface area contributed by atoms with Crippen molar-refractivity contribution in [2.75, 3.05) is 0 Å². The highest BCUT2D eigenvalue weighted by molar-refractivity contribution is 5.70. The lowest BCUT2D eigenvalue weighted by Gasteiger charge is -2.12. The molecule has 5 nitrogen and oxygen atoms in total. The summed E-state index contributed by atoms with van der Waals surface area (Å²) in [7, 11) is 1.52. The molecule has 0 bridgehead atoms. The standard InChI is InChI=1S/C14H11F3N4O/c1-20-12-11(6-18-8-19-12)21(13(20)22)7-9-4-2-3-5-10(9)14(15,16)17/h2-6,8H,7H2,1H3. The van der Waals surface area contributed by atoms with Crippen LogP contribution < -0.4 is 5.69 Å². The molecule has 0 aliphatic rings. The quantitative estimate of drug-likeness (QED) is 0.729. The Morgan fingerprint density at radius 3 is 2.68 bits per heavy atom. The van der Waals surface area contributed by atoms with E-state index in [0.717, 1.165) is 6.07 Å². The minimum absolute atomic E-state index is 0.0217. The van der Waals surface area contributed by atoms with Crippen molar-refractivity contribution >= 4 is 11.2 Å². The minimum Gasteiger partial charge on any atom is -0.284 e. The van der Waals surface area contributed by atoms with E-state index in [9.17, 15) is 18.0 Å². The highest BCUT2D eigenvalue weighted by atomic mass is 19.4. The van der Waals surface area contributed by atoms with Crippen molar-refractivity contribution in [2.45, 2.75) is 12.7 Å². The average molecular weight is 308 g/mol. The highest BCUT2D eigenvalue weighted by Gasteiger charge is 2.33.